The highest BCUT2D eigenvalue weighted by Crippen LogP contribution is 2.42. The number of methoxy groups -OCH3 is 1. The number of carbonyl (C=O) groups excluding carboxylic acids is 1. The molecule has 0 spiro atoms. The second-order valence-corrected chi connectivity index (χ2v) is 8.10. The number of imidazole rings is 1. The van der Waals surface area contributed by atoms with E-state index in [1.165, 1.54) is 12.1 Å². The van der Waals surface area contributed by atoms with Crippen molar-refractivity contribution >= 4 is 21.8 Å². The quantitative estimate of drug-likeness (QED) is 0.590. The molecule has 3 aromatic rings. The first-order valence-electron chi connectivity index (χ1n) is 9.58. The van der Waals surface area contributed by atoms with Gasteiger partial charge in [-0.25, -0.2) is 9.37 Å². The van der Waals surface area contributed by atoms with E-state index in [4.69, 9.17) is 4.74 Å². The molecule has 0 aliphatic carbocycles. The number of nitrogens with one attached hydrogen (secondary N) is 1. The van der Waals surface area contributed by atoms with E-state index >= 15 is 0 Å². The summed E-state index contributed by atoms with van der Waals surface area (Å²) in [5.41, 5.74) is 4.15. The zero-order valence-electron chi connectivity index (χ0n) is 16.6. The number of carbonyl (C=O) groups is 1. The second-order valence-electron chi connectivity index (χ2n) is 7.24. The Bertz CT molecular complexity index is 1110. The van der Waals surface area contributed by atoms with Gasteiger partial charge in [-0.1, -0.05) is 0 Å². The average Bonchev–Trinajstić information content (AvgIpc) is 3.12. The van der Waals surface area contributed by atoms with Crippen LogP contribution in [0.25, 0.3) is 22.5 Å². The first kappa shape index (κ1) is 20.6. The molecule has 6 nitrogen and oxygen atoms in total. The maximum absolute atomic E-state index is 13.5. The van der Waals surface area contributed by atoms with Crippen molar-refractivity contribution in [2.24, 2.45) is 0 Å². The van der Waals surface area contributed by atoms with Crippen molar-refractivity contribution < 1.29 is 19.0 Å². The SMILES string of the molecule is COc1cc2c(cc1Br)-c1c(-c3ccc(F)cc3)nc(C(=O)NC[C@H](C)O)n1CC2. The molecule has 1 aromatic heterocycles. The van der Waals surface area contributed by atoms with Crippen LogP contribution in [0.3, 0.4) is 0 Å². The lowest BCUT2D eigenvalue weighted by Crippen LogP contribution is -2.33. The van der Waals surface area contributed by atoms with Gasteiger partial charge in [0.05, 0.1) is 29.1 Å². The van der Waals surface area contributed by atoms with E-state index in [0.717, 1.165) is 32.6 Å². The molecule has 2 N–H and O–H groups in total. The first-order valence-corrected chi connectivity index (χ1v) is 10.4. The highest BCUT2D eigenvalue weighted by Gasteiger charge is 2.29. The normalized spacial score (nSPS) is 13.4. The van der Waals surface area contributed by atoms with Gasteiger partial charge in [-0.05, 0) is 71.2 Å². The molecule has 1 aliphatic rings. The molecule has 0 fully saturated rings. The minimum absolute atomic E-state index is 0.131. The molecule has 1 aliphatic heterocycles. The molecule has 0 unspecified atom stereocenters. The third-order valence-electron chi connectivity index (χ3n) is 5.08. The Morgan fingerprint density at radius 2 is 2.10 bits per heavy atom. The van der Waals surface area contributed by atoms with Gasteiger partial charge in [-0.3, -0.25) is 4.79 Å². The van der Waals surface area contributed by atoms with Crippen molar-refractivity contribution in [3.63, 3.8) is 0 Å². The Kier molecular flexibility index (Phi) is 5.62. The number of aryl methyl sites for hydroxylation is 1. The van der Waals surface area contributed by atoms with Crippen molar-refractivity contribution in [2.45, 2.75) is 26.0 Å². The lowest BCUT2D eigenvalue weighted by molar-refractivity contribution is 0.0909. The Hall–Kier alpha value is -2.71. The number of amides is 1. The van der Waals surface area contributed by atoms with E-state index < -0.39 is 6.10 Å². The van der Waals surface area contributed by atoms with Crippen molar-refractivity contribution in [1.82, 2.24) is 14.9 Å². The molecular weight excluding hydrogens is 453 g/mol. The predicted octanol–water partition coefficient (Wildman–Crippen LogP) is 3.79. The van der Waals surface area contributed by atoms with Crippen LogP contribution in [0.1, 0.15) is 23.1 Å². The fourth-order valence-corrected chi connectivity index (χ4v) is 4.16. The molecule has 0 radical (unpaired) electrons. The van der Waals surface area contributed by atoms with Gasteiger partial charge in [0.2, 0.25) is 0 Å². The fourth-order valence-electron chi connectivity index (χ4n) is 3.66. The third kappa shape index (κ3) is 3.73. The average molecular weight is 474 g/mol. The van der Waals surface area contributed by atoms with E-state index in [0.29, 0.717) is 18.7 Å². The molecule has 0 saturated carbocycles. The number of ether oxygens (including phenoxy) is 1. The summed E-state index contributed by atoms with van der Waals surface area (Å²) in [6.45, 7) is 2.30. The minimum atomic E-state index is -0.662. The van der Waals surface area contributed by atoms with Crippen LogP contribution in [0.2, 0.25) is 0 Å². The number of benzene rings is 2. The Labute approximate surface area is 181 Å². The molecule has 1 atom stereocenters. The van der Waals surface area contributed by atoms with Gasteiger partial charge in [0.15, 0.2) is 5.82 Å². The first-order chi connectivity index (χ1) is 14.4. The summed E-state index contributed by atoms with van der Waals surface area (Å²) in [7, 11) is 1.62. The van der Waals surface area contributed by atoms with Crippen LogP contribution >= 0.6 is 15.9 Å². The van der Waals surface area contributed by atoms with Gasteiger partial charge < -0.3 is 19.7 Å². The van der Waals surface area contributed by atoms with Crippen molar-refractivity contribution in [1.29, 1.82) is 0 Å². The number of aromatic nitrogens is 2. The van der Waals surface area contributed by atoms with Crippen LogP contribution < -0.4 is 10.1 Å². The molecule has 1 amide bonds. The van der Waals surface area contributed by atoms with Gasteiger partial charge in [-0.2, -0.15) is 0 Å². The number of hydrogen-bond donors (Lipinski definition) is 2. The molecule has 2 heterocycles. The van der Waals surface area contributed by atoms with Crippen molar-refractivity contribution in [2.75, 3.05) is 13.7 Å². The van der Waals surface area contributed by atoms with Gasteiger partial charge >= 0.3 is 0 Å². The molecular formula is C22H21BrFN3O3. The Morgan fingerprint density at radius 1 is 1.37 bits per heavy atom. The predicted molar refractivity (Wildman–Crippen MR) is 115 cm³/mol. The maximum atomic E-state index is 13.5. The van der Waals surface area contributed by atoms with E-state index in [1.54, 1.807) is 26.2 Å². The van der Waals surface area contributed by atoms with Crippen LogP contribution in [0.15, 0.2) is 40.9 Å². The topological polar surface area (TPSA) is 76.4 Å². The lowest BCUT2D eigenvalue weighted by Gasteiger charge is -2.22. The van der Waals surface area contributed by atoms with Gasteiger partial charge in [0, 0.05) is 24.2 Å². The van der Waals surface area contributed by atoms with Crippen molar-refractivity contribution in [3.8, 4) is 28.3 Å². The van der Waals surface area contributed by atoms with Gasteiger partial charge in [0.25, 0.3) is 5.91 Å². The molecule has 2 aromatic carbocycles. The summed E-state index contributed by atoms with van der Waals surface area (Å²) in [6, 6.07) is 10.0. The molecule has 156 valence electrons. The summed E-state index contributed by atoms with van der Waals surface area (Å²) in [5.74, 6) is 0.304. The monoisotopic (exact) mass is 473 g/mol. The van der Waals surface area contributed by atoms with E-state index in [9.17, 15) is 14.3 Å². The summed E-state index contributed by atoms with van der Waals surface area (Å²) in [5, 5.41) is 12.2. The molecule has 4 rings (SSSR count). The van der Waals surface area contributed by atoms with Crippen molar-refractivity contribution in [3.05, 3.63) is 58.1 Å². The zero-order chi connectivity index (χ0) is 21.4. The fraction of sp³-hybridized carbons (Fsp3) is 0.273. The summed E-state index contributed by atoms with van der Waals surface area (Å²) in [4.78, 5) is 17.4. The number of hydrogen-bond acceptors (Lipinski definition) is 4. The highest BCUT2D eigenvalue weighted by atomic mass is 79.9. The van der Waals surface area contributed by atoms with Crippen LogP contribution in [-0.4, -0.2) is 40.3 Å². The Morgan fingerprint density at radius 3 is 2.77 bits per heavy atom. The van der Waals surface area contributed by atoms with Crippen LogP contribution in [0.4, 0.5) is 4.39 Å². The van der Waals surface area contributed by atoms with Crippen LogP contribution in [-0.2, 0) is 13.0 Å². The molecule has 0 bridgehead atoms. The Balaban J connectivity index is 1.90. The molecule has 8 heteroatoms. The number of fused-ring (bicyclic) bond motifs is 3. The molecule has 30 heavy (non-hydrogen) atoms. The zero-order valence-corrected chi connectivity index (χ0v) is 18.2. The summed E-state index contributed by atoms with van der Waals surface area (Å²) < 4.78 is 21.6. The van der Waals surface area contributed by atoms with E-state index in [1.807, 2.05) is 16.7 Å². The number of aliphatic hydroxyl groups excluding tert-OH is 1. The van der Waals surface area contributed by atoms with E-state index in [2.05, 4.69) is 26.2 Å². The standard InChI is InChI=1S/C22H21BrFN3O3/c1-12(28)11-25-22(29)21-26-19(13-3-5-15(24)6-4-13)20-16-10-17(23)18(30-2)9-14(16)7-8-27(20)21/h3-6,9-10,12,28H,7-8,11H2,1-2H3,(H,25,29)/t12-/m0/s1. The number of aliphatic hydroxyl groups is 1. The van der Waals surface area contributed by atoms with Gasteiger partial charge in [-0.15, -0.1) is 0 Å². The number of halogens is 2. The van der Waals surface area contributed by atoms with Crippen LogP contribution in [0.5, 0.6) is 5.75 Å². The maximum Gasteiger partial charge on any atom is 0.287 e. The highest BCUT2D eigenvalue weighted by molar-refractivity contribution is 9.10. The second kappa shape index (κ2) is 8.20. The number of rotatable bonds is 5. The summed E-state index contributed by atoms with van der Waals surface area (Å²) in [6.07, 6.45) is 0.0486. The largest absolute Gasteiger partial charge is 0.496 e. The lowest BCUT2D eigenvalue weighted by atomic mass is 9.95. The number of nitrogens with zero attached hydrogens (tertiary/aromatic N) is 2. The van der Waals surface area contributed by atoms with E-state index in [-0.39, 0.29) is 24.1 Å². The minimum Gasteiger partial charge on any atom is -0.496 e. The van der Waals surface area contributed by atoms with Crippen LogP contribution in [0, 0.1) is 5.82 Å². The summed E-state index contributed by atoms with van der Waals surface area (Å²) >= 11 is 3.54. The third-order valence-corrected chi connectivity index (χ3v) is 5.70. The smallest absolute Gasteiger partial charge is 0.287 e. The molecule has 0 saturated heterocycles. The van der Waals surface area contributed by atoms with Gasteiger partial charge in [0.1, 0.15) is 11.6 Å².